The van der Waals surface area contributed by atoms with Crippen molar-refractivity contribution in [2.45, 2.75) is 6.42 Å². The van der Waals surface area contributed by atoms with E-state index in [1.807, 2.05) is 0 Å². The van der Waals surface area contributed by atoms with E-state index in [4.69, 9.17) is 10.5 Å². The van der Waals surface area contributed by atoms with Gasteiger partial charge in [0.15, 0.2) is 29.1 Å². The average Bonchev–Trinajstić information content (AvgIpc) is 2.50. The summed E-state index contributed by atoms with van der Waals surface area (Å²) in [5, 5.41) is 16.8. The summed E-state index contributed by atoms with van der Waals surface area (Å²) in [5.41, 5.74) is -3.97. The summed E-state index contributed by atoms with van der Waals surface area (Å²) in [7, 11) is 0. The van der Waals surface area contributed by atoms with Crippen LogP contribution in [-0.2, 0) is 6.42 Å². The predicted octanol–water partition coefficient (Wildman–Crippen LogP) is 2.92. The molecule has 2 rings (SSSR count). The highest BCUT2D eigenvalue weighted by Crippen LogP contribution is 2.30. The van der Waals surface area contributed by atoms with Gasteiger partial charge in [-0.2, -0.15) is 29.3 Å². The highest BCUT2D eigenvalue weighted by Gasteiger charge is 2.29. The standard InChI is InChI=1S/C13H2F6N4/c14-7-5(3-21)8(15)10(17)6(9(7)16)13-22-11(18)4(1-2-20)12(19)23-13/h1H2. The molecule has 10 heteroatoms. The fourth-order valence-electron chi connectivity index (χ4n) is 1.69. The van der Waals surface area contributed by atoms with E-state index in [2.05, 4.69) is 9.97 Å². The Balaban J connectivity index is 2.79. The zero-order valence-corrected chi connectivity index (χ0v) is 10.8. The van der Waals surface area contributed by atoms with Crippen LogP contribution in [0.15, 0.2) is 0 Å². The fourth-order valence-corrected chi connectivity index (χ4v) is 1.69. The number of nitrogens with zero attached hydrogens (tertiary/aromatic N) is 4. The molecule has 0 unspecified atom stereocenters. The van der Waals surface area contributed by atoms with Crippen LogP contribution in [0.1, 0.15) is 11.1 Å². The largest absolute Gasteiger partial charge is 0.223 e. The van der Waals surface area contributed by atoms with Crippen LogP contribution in [0.5, 0.6) is 0 Å². The molecular weight excluding hydrogens is 326 g/mol. The van der Waals surface area contributed by atoms with Gasteiger partial charge in [0.25, 0.3) is 0 Å². The lowest BCUT2D eigenvalue weighted by Crippen LogP contribution is -2.09. The molecule has 0 N–H and O–H groups in total. The number of halogens is 6. The van der Waals surface area contributed by atoms with Gasteiger partial charge < -0.3 is 0 Å². The van der Waals surface area contributed by atoms with Gasteiger partial charge in [0.1, 0.15) is 11.6 Å². The maximum absolute atomic E-state index is 13.8. The maximum atomic E-state index is 13.8. The van der Waals surface area contributed by atoms with Crippen molar-refractivity contribution in [1.29, 1.82) is 10.5 Å². The van der Waals surface area contributed by atoms with Crippen molar-refractivity contribution >= 4 is 0 Å². The second kappa shape index (κ2) is 5.93. The van der Waals surface area contributed by atoms with Gasteiger partial charge in [-0.25, -0.2) is 17.6 Å². The molecule has 0 fully saturated rings. The first-order valence-electron chi connectivity index (χ1n) is 5.68. The summed E-state index contributed by atoms with van der Waals surface area (Å²) >= 11 is 0. The summed E-state index contributed by atoms with van der Waals surface area (Å²) in [6.07, 6.45) is -0.765. The highest BCUT2D eigenvalue weighted by molar-refractivity contribution is 5.59. The van der Waals surface area contributed by atoms with Crippen LogP contribution in [0.3, 0.4) is 0 Å². The Morgan fingerprint density at radius 1 is 0.783 bits per heavy atom. The lowest BCUT2D eigenvalue weighted by molar-refractivity contribution is 0.451. The van der Waals surface area contributed by atoms with Gasteiger partial charge in [0.05, 0.1) is 23.6 Å². The Hall–Kier alpha value is -3.14. The minimum absolute atomic E-state index is 0.765. The van der Waals surface area contributed by atoms with Crippen molar-refractivity contribution < 1.29 is 26.3 Å². The van der Waals surface area contributed by atoms with Crippen molar-refractivity contribution in [3.63, 3.8) is 0 Å². The Morgan fingerprint density at radius 2 is 1.26 bits per heavy atom. The molecule has 0 radical (unpaired) electrons. The maximum Gasteiger partial charge on any atom is 0.223 e. The van der Waals surface area contributed by atoms with E-state index in [1.54, 1.807) is 0 Å². The second-order valence-electron chi connectivity index (χ2n) is 4.06. The molecule has 0 aliphatic rings. The lowest BCUT2D eigenvalue weighted by Gasteiger charge is -2.08. The van der Waals surface area contributed by atoms with Gasteiger partial charge in [0, 0.05) is 0 Å². The van der Waals surface area contributed by atoms with Crippen molar-refractivity contribution in [3.8, 4) is 23.5 Å². The SMILES string of the molecule is N#CCc1c(F)nc(-c2c(F)c(F)c(C#N)c(F)c2F)nc1F. The van der Waals surface area contributed by atoms with E-state index in [0.29, 0.717) is 0 Å². The number of aromatic nitrogens is 2. The first-order chi connectivity index (χ1) is 10.8. The smallest absolute Gasteiger partial charge is 0.203 e. The quantitative estimate of drug-likeness (QED) is 0.483. The van der Waals surface area contributed by atoms with Crippen LogP contribution < -0.4 is 0 Å². The molecule has 0 amide bonds. The van der Waals surface area contributed by atoms with Crippen molar-refractivity contribution in [1.82, 2.24) is 9.97 Å². The molecule has 2 aromatic rings. The van der Waals surface area contributed by atoms with E-state index in [0.717, 1.165) is 6.07 Å². The predicted molar refractivity (Wildman–Crippen MR) is 61.2 cm³/mol. The topological polar surface area (TPSA) is 73.4 Å². The molecule has 0 aliphatic carbocycles. The zero-order chi connectivity index (χ0) is 17.3. The number of nitriles is 2. The highest BCUT2D eigenvalue weighted by atomic mass is 19.2. The van der Waals surface area contributed by atoms with E-state index >= 15 is 0 Å². The van der Waals surface area contributed by atoms with Crippen LogP contribution in [0, 0.1) is 57.8 Å². The minimum atomic E-state index is -2.08. The molecule has 0 saturated carbocycles. The molecular formula is C13H2F6N4. The summed E-state index contributed by atoms with van der Waals surface area (Å²) in [5.74, 6) is -12.8. The molecule has 0 spiro atoms. The lowest BCUT2D eigenvalue weighted by atomic mass is 10.1. The fraction of sp³-hybridized carbons (Fsp3) is 0.0769. The molecule has 1 heterocycles. The molecule has 1 aromatic heterocycles. The molecule has 1 aromatic carbocycles. The molecule has 23 heavy (non-hydrogen) atoms. The minimum Gasteiger partial charge on any atom is -0.203 e. The van der Waals surface area contributed by atoms with E-state index < -0.39 is 64.1 Å². The Bertz CT molecular complexity index is 845. The van der Waals surface area contributed by atoms with Gasteiger partial charge in [-0.3, -0.25) is 0 Å². The van der Waals surface area contributed by atoms with Crippen LogP contribution in [0.4, 0.5) is 26.3 Å². The summed E-state index contributed by atoms with van der Waals surface area (Å²) in [6, 6.07) is 2.33. The number of benzene rings is 1. The molecule has 0 bridgehead atoms. The first-order valence-corrected chi connectivity index (χ1v) is 5.68. The van der Waals surface area contributed by atoms with Crippen molar-refractivity contribution in [2.75, 3.05) is 0 Å². The van der Waals surface area contributed by atoms with Crippen LogP contribution in [-0.4, -0.2) is 9.97 Å². The number of rotatable bonds is 2. The van der Waals surface area contributed by atoms with Crippen LogP contribution >= 0.6 is 0 Å². The first kappa shape index (κ1) is 16.2. The van der Waals surface area contributed by atoms with Gasteiger partial charge in [0.2, 0.25) is 11.9 Å². The number of hydrogen-bond donors (Lipinski definition) is 0. The van der Waals surface area contributed by atoms with Crippen molar-refractivity contribution in [3.05, 3.63) is 46.3 Å². The zero-order valence-electron chi connectivity index (χ0n) is 10.8. The third kappa shape index (κ3) is 2.55. The third-order valence-corrected chi connectivity index (χ3v) is 2.76. The van der Waals surface area contributed by atoms with Gasteiger partial charge in [-0.05, 0) is 0 Å². The molecule has 4 nitrogen and oxygen atoms in total. The average molecular weight is 328 g/mol. The van der Waals surface area contributed by atoms with E-state index in [9.17, 15) is 26.3 Å². The van der Waals surface area contributed by atoms with Gasteiger partial charge in [-0.15, -0.1) is 0 Å². The van der Waals surface area contributed by atoms with Gasteiger partial charge >= 0.3 is 0 Å². The molecule has 0 saturated heterocycles. The van der Waals surface area contributed by atoms with Gasteiger partial charge in [-0.1, -0.05) is 0 Å². The molecule has 0 atom stereocenters. The number of hydrogen-bond acceptors (Lipinski definition) is 4. The second-order valence-corrected chi connectivity index (χ2v) is 4.06. The summed E-state index contributed by atoms with van der Waals surface area (Å²) in [6.45, 7) is 0. The van der Waals surface area contributed by atoms with E-state index in [-0.39, 0.29) is 0 Å². The van der Waals surface area contributed by atoms with Crippen molar-refractivity contribution in [2.24, 2.45) is 0 Å². The molecule has 116 valence electrons. The normalized spacial score (nSPS) is 10.3. The Labute approximate surface area is 124 Å². The van der Waals surface area contributed by atoms with Crippen LogP contribution in [0.2, 0.25) is 0 Å². The third-order valence-electron chi connectivity index (χ3n) is 2.76. The Kier molecular flexibility index (Phi) is 4.18. The summed E-state index contributed by atoms with van der Waals surface area (Å²) in [4.78, 5) is 5.83. The Morgan fingerprint density at radius 3 is 1.65 bits per heavy atom. The van der Waals surface area contributed by atoms with Crippen LogP contribution in [0.25, 0.3) is 11.4 Å². The molecule has 0 aliphatic heterocycles. The van der Waals surface area contributed by atoms with E-state index in [1.165, 1.54) is 6.07 Å². The summed E-state index contributed by atoms with van der Waals surface area (Å²) < 4.78 is 81.7. The monoisotopic (exact) mass is 328 g/mol.